The number of amides is 1. The van der Waals surface area contributed by atoms with Crippen LogP contribution in [0.2, 0.25) is 0 Å². The molecular formula is C24H22N2O3. The molecule has 29 heavy (non-hydrogen) atoms. The van der Waals surface area contributed by atoms with Gasteiger partial charge in [-0.3, -0.25) is 4.79 Å². The molecule has 0 saturated heterocycles. The van der Waals surface area contributed by atoms with Crippen molar-refractivity contribution in [3.05, 3.63) is 89.5 Å². The molecule has 0 spiro atoms. The van der Waals surface area contributed by atoms with Gasteiger partial charge in [0.15, 0.2) is 0 Å². The van der Waals surface area contributed by atoms with Crippen molar-refractivity contribution in [3.63, 3.8) is 0 Å². The second-order valence-corrected chi connectivity index (χ2v) is 7.12. The van der Waals surface area contributed by atoms with E-state index >= 15 is 0 Å². The Bertz CT molecular complexity index is 1110. The smallest absolute Gasteiger partial charge is 0.334 e. The zero-order chi connectivity index (χ0) is 20.4. The monoisotopic (exact) mass is 386 g/mol. The third-order valence-electron chi connectivity index (χ3n) is 5.19. The van der Waals surface area contributed by atoms with E-state index in [0.29, 0.717) is 12.1 Å². The second kappa shape index (κ2) is 7.80. The molecule has 1 aliphatic heterocycles. The molecule has 0 aliphatic carbocycles. The molecule has 4 rings (SSSR count). The molecule has 0 unspecified atom stereocenters. The lowest BCUT2D eigenvalue weighted by Crippen LogP contribution is -2.28. The number of nitrogens with zero attached hydrogens (tertiary/aromatic N) is 1. The summed E-state index contributed by atoms with van der Waals surface area (Å²) in [6, 6.07) is 20.2. The van der Waals surface area contributed by atoms with Gasteiger partial charge in [0.25, 0.3) is 5.91 Å². The SMILES string of the molecule is C=C(CN1Cc2c(ccc3ccc(NCc4ccccc4)cc23)C1=O)C(=O)OC. The summed E-state index contributed by atoms with van der Waals surface area (Å²) in [4.78, 5) is 26.1. The minimum atomic E-state index is -0.494. The first-order valence-electron chi connectivity index (χ1n) is 9.45. The van der Waals surface area contributed by atoms with E-state index in [0.717, 1.165) is 28.6 Å². The third-order valence-corrected chi connectivity index (χ3v) is 5.19. The quantitative estimate of drug-likeness (QED) is 0.511. The fraction of sp³-hybridized carbons (Fsp3) is 0.167. The predicted molar refractivity (Wildman–Crippen MR) is 114 cm³/mol. The van der Waals surface area contributed by atoms with E-state index in [9.17, 15) is 9.59 Å². The highest BCUT2D eigenvalue weighted by Gasteiger charge is 2.30. The summed E-state index contributed by atoms with van der Waals surface area (Å²) in [5.41, 5.74) is 4.13. The first-order chi connectivity index (χ1) is 14.1. The maximum absolute atomic E-state index is 12.8. The van der Waals surface area contributed by atoms with Crippen LogP contribution in [0.15, 0.2) is 72.8 Å². The van der Waals surface area contributed by atoms with E-state index in [1.54, 1.807) is 4.90 Å². The molecule has 5 heteroatoms. The lowest BCUT2D eigenvalue weighted by atomic mass is 10.0. The summed E-state index contributed by atoms with van der Waals surface area (Å²) in [5.74, 6) is -0.583. The van der Waals surface area contributed by atoms with Gasteiger partial charge in [-0.15, -0.1) is 0 Å². The lowest BCUT2D eigenvalue weighted by Gasteiger charge is -2.16. The molecule has 5 nitrogen and oxygen atoms in total. The van der Waals surface area contributed by atoms with Crippen LogP contribution < -0.4 is 5.32 Å². The number of benzene rings is 3. The largest absolute Gasteiger partial charge is 0.466 e. The lowest BCUT2D eigenvalue weighted by molar-refractivity contribution is -0.136. The van der Waals surface area contributed by atoms with Gasteiger partial charge in [-0.1, -0.05) is 49.0 Å². The van der Waals surface area contributed by atoms with Crippen LogP contribution in [0, 0.1) is 0 Å². The number of rotatable bonds is 6. The molecule has 0 fully saturated rings. The number of methoxy groups -OCH3 is 1. The number of ether oxygens (including phenoxy) is 1. The Labute approximate surface area is 169 Å². The van der Waals surface area contributed by atoms with Crippen LogP contribution in [0.1, 0.15) is 21.5 Å². The number of fused-ring (bicyclic) bond motifs is 3. The number of carbonyl (C=O) groups excluding carboxylic acids is 2. The van der Waals surface area contributed by atoms with E-state index in [1.165, 1.54) is 12.7 Å². The molecule has 1 aliphatic rings. The van der Waals surface area contributed by atoms with Crippen LogP contribution in [-0.4, -0.2) is 30.4 Å². The van der Waals surface area contributed by atoms with Crippen molar-refractivity contribution in [3.8, 4) is 0 Å². The van der Waals surface area contributed by atoms with Crippen LogP contribution in [0.5, 0.6) is 0 Å². The molecule has 0 radical (unpaired) electrons. The molecule has 3 aromatic carbocycles. The third kappa shape index (κ3) is 3.72. The van der Waals surface area contributed by atoms with Crippen molar-refractivity contribution < 1.29 is 14.3 Å². The highest BCUT2D eigenvalue weighted by Crippen LogP contribution is 2.32. The summed E-state index contributed by atoms with van der Waals surface area (Å²) in [5, 5.41) is 5.57. The van der Waals surface area contributed by atoms with E-state index in [2.05, 4.69) is 36.2 Å². The Hall–Kier alpha value is -3.60. The summed E-state index contributed by atoms with van der Waals surface area (Å²) in [6.07, 6.45) is 0. The average Bonchev–Trinajstić information content (AvgIpc) is 3.08. The van der Waals surface area contributed by atoms with Gasteiger partial charge in [-0.2, -0.15) is 0 Å². The summed E-state index contributed by atoms with van der Waals surface area (Å²) in [6.45, 7) is 5.07. The standard InChI is InChI=1S/C24H22N2O3/c1-16(24(28)29-2)14-26-15-22-20(23(26)27)11-9-18-8-10-19(12-21(18)22)25-13-17-6-4-3-5-7-17/h3-12,25H,1,13-15H2,2H3. The highest BCUT2D eigenvalue weighted by molar-refractivity contribution is 6.05. The Morgan fingerprint density at radius 2 is 1.90 bits per heavy atom. The molecule has 0 atom stereocenters. The number of hydrogen-bond donors (Lipinski definition) is 1. The first kappa shape index (κ1) is 18.7. The fourth-order valence-electron chi connectivity index (χ4n) is 3.66. The molecular weight excluding hydrogens is 364 g/mol. The Morgan fingerprint density at radius 3 is 2.66 bits per heavy atom. The minimum absolute atomic E-state index is 0.0883. The van der Waals surface area contributed by atoms with Crippen molar-refractivity contribution in [2.45, 2.75) is 13.1 Å². The normalized spacial score (nSPS) is 12.7. The van der Waals surface area contributed by atoms with Crippen LogP contribution >= 0.6 is 0 Å². The zero-order valence-corrected chi connectivity index (χ0v) is 16.3. The summed E-state index contributed by atoms with van der Waals surface area (Å²) >= 11 is 0. The molecule has 146 valence electrons. The molecule has 1 N–H and O–H groups in total. The number of esters is 1. The Morgan fingerprint density at radius 1 is 1.14 bits per heavy atom. The Kier molecular flexibility index (Phi) is 5.04. The molecule has 3 aromatic rings. The van der Waals surface area contributed by atoms with E-state index in [-0.39, 0.29) is 18.0 Å². The van der Waals surface area contributed by atoms with E-state index in [1.807, 2.05) is 36.4 Å². The fourth-order valence-corrected chi connectivity index (χ4v) is 3.66. The van der Waals surface area contributed by atoms with Gasteiger partial charge < -0.3 is 15.0 Å². The zero-order valence-electron chi connectivity index (χ0n) is 16.3. The van der Waals surface area contributed by atoms with Crippen molar-refractivity contribution in [2.24, 2.45) is 0 Å². The van der Waals surface area contributed by atoms with E-state index < -0.39 is 5.97 Å². The van der Waals surface area contributed by atoms with Gasteiger partial charge in [-0.05, 0) is 40.1 Å². The Balaban J connectivity index is 1.59. The van der Waals surface area contributed by atoms with Crippen molar-refractivity contribution >= 4 is 28.3 Å². The maximum Gasteiger partial charge on any atom is 0.334 e. The van der Waals surface area contributed by atoms with Gasteiger partial charge in [0.2, 0.25) is 0 Å². The van der Waals surface area contributed by atoms with Crippen LogP contribution in [-0.2, 0) is 22.6 Å². The number of nitrogens with one attached hydrogen (secondary N) is 1. The van der Waals surface area contributed by atoms with Crippen LogP contribution in [0.25, 0.3) is 10.8 Å². The van der Waals surface area contributed by atoms with Gasteiger partial charge in [0.05, 0.1) is 13.7 Å². The highest BCUT2D eigenvalue weighted by atomic mass is 16.5. The van der Waals surface area contributed by atoms with Gasteiger partial charge in [0.1, 0.15) is 0 Å². The average molecular weight is 386 g/mol. The first-order valence-corrected chi connectivity index (χ1v) is 9.45. The predicted octanol–water partition coefficient (Wildman–Crippen LogP) is 4.14. The topological polar surface area (TPSA) is 58.6 Å². The second-order valence-electron chi connectivity index (χ2n) is 7.12. The summed E-state index contributed by atoms with van der Waals surface area (Å²) < 4.78 is 4.70. The van der Waals surface area contributed by atoms with Gasteiger partial charge in [0, 0.05) is 29.9 Å². The number of hydrogen-bond acceptors (Lipinski definition) is 4. The molecule has 1 amide bonds. The summed E-state index contributed by atoms with van der Waals surface area (Å²) in [7, 11) is 1.31. The van der Waals surface area contributed by atoms with Crippen LogP contribution in [0.4, 0.5) is 5.69 Å². The van der Waals surface area contributed by atoms with Gasteiger partial charge >= 0.3 is 5.97 Å². The van der Waals surface area contributed by atoms with Gasteiger partial charge in [-0.25, -0.2) is 4.79 Å². The van der Waals surface area contributed by atoms with Crippen molar-refractivity contribution in [1.29, 1.82) is 0 Å². The van der Waals surface area contributed by atoms with Crippen LogP contribution in [0.3, 0.4) is 0 Å². The van der Waals surface area contributed by atoms with Crippen molar-refractivity contribution in [2.75, 3.05) is 19.0 Å². The maximum atomic E-state index is 12.8. The molecule has 0 saturated carbocycles. The van der Waals surface area contributed by atoms with Crippen molar-refractivity contribution in [1.82, 2.24) is 4.90 Å². The van der Waals surface area contributed by atoms with E-state index in [4.69, 9.17) is 4.74 Å². The molecule has 0 bridgehead atoms. The number of carbonyl (C=O) groups is 2. The minimum Gasteiger partial charge on any atom is -0.466 e. The number of anilines is 1. The molecule has 1 heterocycles. The molecule has 0 aromatic heterocycles.